The van der Waals surface area contributed by atoms with E-state index in [0.717, 1.165) is 5.56 Å². The predicted octanol–water partition coefficient (Wildman–Crippen LogP) is 1.85. The van der Waals surface area contributed by atoms with Crippen LogP contribution in [0.1, 0.15) is 5.56 Å². The molecule has 0 heterocycles. The third kappa shape index (κ3) is 4.07. The van der Waals surface area contributed by atoms with Crippen LogP contribution >= 0.6 is 0 Å². The number of amides is 1. The van der Waals surface area contributed by atoms with Crippen LogP contribution in [0, 0.1) is 5.41 Å². The number of anilines is 2. The summed E-state index contributed by atoms with van der Waals surface area (Å²) in [5, 5.41) is 21.5. The molecule has 7 nitrogen and oxygen atoms in total. The predicted molar refractivity (Wildman–Crippen MR) is 88.4 cm³/mol. The molecule has 0 saturated heterocycles. The lowest BCUT2D eigenvalue weighted by Gasteiger charge is -2.14. The summed E-state index contributed by atoms with van der Waals surface area (Å²) in [6.45, 7) is 0. The number of carboxylic acids is 1. The molecule has 0 fully saturated rings. The minimum absolute atomic E-state index is 0.187. The van der Waals surface area contributed by atoms with Gasteiger partial charge in [0.15, 0.2) is 5.96 Å². The monoisotopic (exact) mass is 312 g/mol. The summed E-state index contributed by atoms with van der Waals surface area (Å²) in [7, 11) is 0. The molecule has 0 atom stereocenters. The number of carboxylic acid groups (broad SMARTS) is 1. The Bertz CT molecular complexity index is 759. The molecule has 6 N–H and O–H groups in total. The lowest BCUT2D eigenvalue weighted by atomic mass is 9.98. The quantitative estimate of drug-likeness (QED) is 0.316. The molecule has 0 radical (unpaired) electrons. The van der Waals surface area contributed by atoms with Crippen LogP contribution in [0.25, 0.3) is 11.1 Å². The van der Waals surface area contributed by atoms with Crippen molar-refractivity contribution in [3.05, 3.63) is 48.0 Å². The molecule has 2 rings (SSSR count). The Morgan fingerprint density at radius 3 is 2.65 bits per heavy atom. The molecule has 23 heavy (non-hydrogen) atoms. The second kappa shape index (κ2) is 7.08. The van der Waals surface area contributed by atoms with Gasteiger partial charge in [-0.15, -0.1) is 0 Å². The minimum Gasteiger partial charge on any atom is -0.481 e. The van der Waals surface area contributed by atoms with Gasteiger partial charge in [-0.3, -0.25) is 15.0 Å². The van der Waals surface area contributed by atoms with Gasteiger partial charge in [0.2, 0.25) is 6.41 Å². The third-order valence-corrected chi connectivity index (χ3v) is 3.15. The Morgan fingerprint density at radius 2 is 2.00 bits per heavy atom. The number of rotatable bonds is 6. The maximum Gasteiger partial charge on any atom is 0.307 e. The number of carbonyl (C=O) groups is 2. The highest BCUT2D eigenvalue weighted by Crippen LogP contribution is 2.32. The van der Waals surface area contributed by atoms with E-state index in [1.807, 2.05) is 6.07 Å². The first-order chi connectivity index (χ1) is 11.0. The zero-order valence-corrected chi connectivity index (χ0v) is 12.2. The van der Waals surface area contributed by atoms with Crippen molar-refractivity contribution in [2.24, 2.45) is 5.73 Å². The normalized spacial score (nSPS) is 9.91. The Morgan fingerprint density at radius 1 is 1.26 bits per heavy atom. The maximum atomic E-state index is 11.0. The summed E-state index contributed by atoms with van der Waals surface area (Å²) in [5.74, 6) is -1.17. The number of hydrogen-bond donors (Lipinski definition) is 5. The Labute approximate surface area is 132 Å². The topological polar surface area (TPSA) is 128 Å². The Hall–Kier alpha value is -3.35. The average molecular weight is 312 g/mol. The molecule has 2 aromatic rings. The molecule has 2 aromatic carbocycles. The number of hydrogen-bond acceptors (Lipinski definition) is 3. The highest BCUT2D eigenvalue weighted by molar-refractivity contribution is 5.93. The van der Waals surface area contributed by atoms with Crippen LogP contribution in [0.5, 0.6) is 0 Å². The summed E-state index contributed by atoms with van der Waals surface area (Å²) >= 11 is 0. The number of nitrogens with one attached hydrogen (secondary N) is 3. The average Bonchev–Trinajstić information content (AvgIpc) is 2.48. The summed E-state index contributed by atoms with van der Waals surface area (Å²) in [6, 6.07) is 12.3. The molecule has 0 aromatic heterocycles. The van der Waals surface area contributed by atoms with E-state index in [2.05, 4.69) is 10.6 Å². The van der Waals surface area contributed by atoms with E-state index in [-0.39, 0.29) is 12.4 Å². The van der Waals surface area contributed by atoms with E-state index in [1.54, 1.807) is 36.4 Å². The molecule has 7 heteroatoms. The van der Waals surface area contributed by atoms with Crippen LogP contribution in [0.3, 0.4) is 0 Å². The van der Waals surface area contributed by atoms with Gasteiger partial charge in [-0.1, -0.05) is 30.3 Å². The largest absolute Gasteiger partial charge is 0.481 e. The van der Waals surface area contributed by atoms with Crippen molar-refractivity contribution in [2.45, 2.75) is 6.42 Å². The van der Waals surface area contributed by atoms with Crippen molar-refractivity contribution in [1.82, 2.24) is 0 Å². The van der Waals surface area contributed by atoms with Gasteiger partial charge in [0, 0.05) is 11.3 Å². The fourth-order valence-electron chi connectivity index (χ4n) is 2.30. The number of aliphatic carboxylic acids is 1. The number of benzene rings is 2. The van der Waals surface area contributed by atoms with Gasteiger partial charge in [-0.05, 0) is 23.3 Å². The smallest absolute Gasteiger partial charge is 0.307 e. The molecule has 0 aliphatic heterocycles. The van der Waals surface area contributed by atoms with Crippen LogP contribution in [0.15, 0.2) is 42.5 Å². The molecule has 0 saturated carbocycles. The highest BCUT2D eigenvalue weighted by atomic mass is 16.4. The number of nitrogens with two attached hydrogens (primary N) is 1. The van der Waals surface area contributed by atoms with E-state index in [9.17, 15) is 9.59 Å². The van der Waals surface area contributed by atoms with Crippen molar-refractivity contribution in [3.8, 4) is 11.1 Å². The van der Waals surface area contributed by atoms with Gasteiger partial charge in [0.05, 0.1) is 12.1 Å². The standard InChI is InChI=1S/C16H16N4O3/c17-16(18)20-12-5-1-3-10(7-12)13-6-2-4-11(8-14(22)23)15(13)19-9-21/h1-7,9H,8H2,(H,19,21)(H,22,23)(H4,17,18,20). The van der Waals surface area contributed by atoms with E-state index < -0.39 is 5.97 Å². The SMILES string of the molecule is N=C(N)Nc1cccc(-c2cccc(CC(=O)O)c2NC=O)c1. The molecule has 0 aliphatic rings. The first-order valence-corrected chi connectivity index (χ1v) is 6.76. The van der Waals surface area contributed by atoms with Crippen LogP contribution in [-0.2, 0) is 16.0 Å². The lowest BCUT2D eigenvalue weighted by molar-refractivity contribution is -0.136. The van der Waals surface area contributed by atoms with E-state index >= 15 is 0 Å². The van der Waals surface area contributed by atoms with Crippen LogP contribution in [-0.4, -0.2) is 23.4 Å². The fourth-order valence-corrected chi connectivity index (χ4v) is 2.30. The molecule has 0 spiro atoms. The van der Waals surface area contributed by atoms with Gasteiger partial charge in [0.25, 0.3) is 0 Å². The number of guanidine groups is 1. The van der Waals surface area contributed by atoms with Gasteiger partial charge >= 0.3 is 5.97 Å². The second-order valence-electron chi connectivity index (χ2n) is 4.79. The van der Waals surface area contributed by atoms with Crippen LogP contribution in [0.4, 0.5) is 11.4 Å². The zero-order valence-electron chi connectivity index (χ0n) is 12.2. The molecular formula is C16H16N4O3. The number of para-hydroxylation sites is 1. The Balaban J connectivity index is 2.51. The van der Waals surface area contributed by atoms with Crippen molar-refractivity contribution < 1.29 is 14.7 Å². The molecule has 0 aliphatic carbocycles. The van der Waals surface area contributed by atoms with Crippen LogP contribution in [0.2, 0.25) is 0 Å². The number of carbonyl (C=O) groups excluding carboxylic acids is 1. The third-order valence-electron chi connectivity index (χ3n) is 3.15. The first-order valence-electron chi connectivity index (χ1n) is 6.76. The molecule has 118 valence electrons. The minimum atomic E-state index is -0.983. The van der Waals surface area contributed by atoms with Crippen molar-refractivity contribution >= 4 is 29.7 Å². The summed E-state index contributed by atoms with van der Waals surface area (Å²) in [6.07, 6.45) is 0.317. The van der Waals surface area contributed by atoms with Crippen molar-refractivity contribution in [1.29, 1.82) is 5.41 Å². The fraction of sp³-hybridized carbons (Fsp3) is 0.0625. The van der Waals surface area contributed by atoms with Gasteiger partial charge < -0.3 is 21.5 Å². The van der Waals surface area contributed by atoms with Crippen LogP contribution < -0.4 is 16.4 Å². The van der Waals surface area contributed by atoms with E-state index in [0.29, 0.717) is 28.9 Å². The van der Waals surface area contributed by atoms with Gasteiger partial charge in [-0.2, -0.15) is 0 Å². The summed E-state index contributed by atoms with van der Waals surface area (Å²) in [5.41, 5.74) is 8.34. The summed E-state index contributed by atoms with van der Waals surface area (Å²) in [4.78, 5) is 21.9. The van der Waals surface area contributed by atoms with Crippen molar-refractivity contribution in [2.75, 3.05) is 10.6 Å². The van der Waals surface area contributed by atoms with Gasteiger partial charge in [0.1, 0.15) is 0 Å². The van der Waals surface area contributed by atoms with E-state index in [1.165, 1.54) is 0 Å². The molecular weight excluding hydrogens is 296 g/mol. The second-order valence-corrected chi connectivity index (χ2v) is 4.79. The first kappa shape index (κ1) is 16.0. The summed E-state index contributed by atoms with van der Waals surface area (Å²) < 4.78 is 0. The lowest BCUT2D eigenvalue weighted by Crippen LogP contribution is -2.20. The van der Waals surface area contributed by atoms with Gasteiger partial charge in [-0.25, -0.2) is 0 Å². The molecule has 0 bridgehead atoms. The van der Waals surface area contributed by atoms with E-state index in [4.69, 9.17) is 16.2 Å². The molecule has 1 amide bonds. The molecule has 0 unspecified atom stereocenters. The highest BCUT2D eigenvalue weighted by Gasteiger charge is 2.12. The van der Waals surface area contributed by atoms with Crippen molar-refractivity contribution in [3.63, 3.8) is 0 Å². The maximum absolute atomic E-state index is 11.0. The zero-order chi connectivity index (χ0) is 16.8. The Kier molecular flexibility index (Phi) is 4.93.